The first-order valence-electron chi connectivity index (χ1n) is 5.87. The van der Waals surface area contributed by atoms with E-state index in [2.05, 4.69) is 47.5 Å². The fourth-order valence-electron chi connectivity index (χ4n) is 2.20. The van der Waals surface area contributed by atoms with Crippen LogP contribution >= 0.6 is 0 Å². The third-order valence-electron chi connectivity index (χ3n) is 3.20. The van der Waals surface area contributed by atoms with Crippen molar-refractivity contribution in [3.8, 4) is 0 Å². The van der Waals surface area contributed by atoms with Gasteiger partial charge in [0.2, 0.25) is 0 Å². The molecule has 2 heteroatoms. The summed E-state index contributed by atoms with van der Waals surface area (Å²) in [6.45, 7) is 6.97. The third-order valence-corrected chi connectivity index (χ3v) is 3.20. The highest BCUT2D eigenvalue weighted by atomic mass is 15.2. The lowest BCUT2D eigenvalue weighted by Gasteiger charge is -2.27. The molecule has 0 aromatic heterocycles. The summed E-state index contributed by atoms with van der Waals surface area (Å²) in [5.41, 5.74) is 1.43. The van der Waals surface area contributed by atoms with Crippen molar-refractivity contribution < 1.29 is 0 Å². The lowest BCUT2D eigenvalue weighted by Crippen LogP contribution is -2.30. The minimum Gasteiger partial charge on any atom is -0.315 e. The van der Waals surface area contributed by atoms with Gasteiger partial charge >= 0.3 is 0 Å². The zero-order valence-electron chi connectivity index (χ0n) is 9.45. The van der Waals surface area contributed by atoms with Crippen molar-refractivity contribution >= 4 is 0 Å². The molecule has 1 saturated heterocycles. The monoisotopic (exact) mass is 204 g/mol. The van der Waals surface area contributed by atoms with Crippen molar-refractivity contribution in [1.29, 1.82) is 0 Å². The summed E-state index contributed by atoms with van der Waals surface area (Å²) in [6, 6.07) is 11.3. The van der Waals surface area contributed by atoms with Crippen LogP contribution in [0.4, 0.5) is 0 Å². The van der Waals surface area contributed by atoms with Gasteiger partial charge in [-0.3, -0.25) is 4.90 Å². The SMILES string of the molecule is C[C@@H](c1ccccc1)N1CCCNCC1. The van der Waals surface area contributed by atoms with E-state index in [4.69, 9.17) is 0 Å². The molecular formula is C13H20N2. The standard InChI is InChI=1S/C13H20N2/c1-12(13-6-3-2-4-7-13)15-10-5-8-14-9-11-15/h2-4,6-7,12,14H,5,8-11H2,1H3/t12-/m0/s1. The number of hydrogen-bond donors (Lipinski definition) is 1. The molecule has 1 fully saturated rings. The summed E-state index contributed by atoms with van der Waals surface area (Å²) in [4.78, 5) is 2.56. The van der Waals surface area contributed by atoms with Gasteiger partial charge in [0.1, 0.15) is 0 Å². The fraction of sp³-hybridized carbons (Fsp3) is 0.538. The van der Waals surface area contributed by atoms with Crippen LogP contribution in [0, 0.1) is 0 Å². The van der Waals surface area contributed by atoms with Crippen LogP contribution in [-0.4, -0.2) is 31.1 Å². The average molecular weight is 204 g/mol. The van der Waals surface area contributed by atoms with E-state index < -0.39 is 0 Å². The number of nitrogens with zero attached hydrogens (tertiary/aromatic N) is 1. The Morgan fingerprint density at radius 1 is 1.13 bits per heavy atom. The van der Waals surface area contributed by atoms with Gasteiger partial charge in [-0.25, -0.2) is 0 Å². The summed E-state index contributed by atoms with van der Waals surface area (Å²) in [6.07, 6.45) is 1.26. The van der Waals surface area contributed by atoms with Crippen LogP contribution in [0.5, 0.6) is 0 Å². The largest absolute Gasteiger partial charge is 0.315 e. The van der Waals surface area contributed by atoms with Crippen LogP contribution in [0.2, 0.25) is 0 Å². The fourth-order valence-corrected chi connectivity index (χ4v) is 2.20. The predicted molar refractivity (Wildman–Crippen MR) is 63.9 cm³/mol. The van der Waals surface area contributed by atoms with E-state index in [0.29, 0.717) is 6.04 Å². The Morgan fingerprint density at radius 3 is 2.73 bits per heavy atom. The number of benzene rings is 1. The molecular weight excluding hydrogens is 184 g/mol. The summed E-state index contributed by atoms with van der Waals surface area (Å²) in [7, 11) is 0. The van der Waals surface area contributed by atoms with Gasteiger partial charge in [-0.15, -0.1) is 0 Å². The van der Waals surface area contributed by atoms with E-state index in [9.17, 15) is 0 Å². The molecule has 2 rings (SSSR count). The van der Waals surface area contributed by atoms with Crippen LogP contribution in [0.3, 0.4) is 0 Å². The van der Waals surface area contributed by atoms with Gasteiger partial charge in [0.05, 0.1) is 0 Å². The van der Waals surface area contributed by atoms with E-state index in [1.165, 1.54) is 18.5 Å². The normalized spacial score (nSPS) is 20.9. The van der Waals surface area contributed by atoms with Gasteiger partial charge in [0.15, 0.2) is 0 Å². The van der Waals surface area contributed by atoms with Crippen molar-refractivity contribution in [3.63, 3.8) is 0 Å². The van der Waals surface area contributed by atoms with E-state index in [0.717, 1.165) is 19.6 Å². The summed E-state index contributed by atoms with van der Waals surface area (Å²) in [5.74, 6) is 0. The Balaban J connectivity index is 2.03. The molecule has 1 aromatic rings. The molecule has 2 nitrogen and oxygen atoms in total. The second kappa shape index (κ2) is 5.29. The smallest absolute Gasteiger partial charge is 0.0320 e. The summed E-state index contributed by atoms with van der Waals surface area (Å²) >= 11 is 0. The van der Waals surface area contributed by atoms with E-state index in [-0.39, 0.29) is 0 Å². The molecule has 0 amide bonds. The van der Waals surface area contributed by atoms with E-state index in [1.54, 1.807) is 0 Å². The Morgan fingerprint density at radius 2 is 1.93 bits per heavy atom. The molecule has 1 heterocycles. The van der Waals surface area contributed by atoms with Crippen LogP contribution in [-0.2, 0) is 0 Å². The van der Waals surface area contributed by atoms with Gasteiger partial charge < -0.3 is 5.32 Å². The van der Waals surface area contributed by atoms with Gasteiger partial charge in [0.25, 0.3) is 0 Å². The molecule has 0 spiro atoms. The average Bonchev–Trinajstić information content (AvgIpc) is 2.58. The Bertz CT molecular complexity index is 276. The van der Waals surface area contributed by atoms with E-state index >= 15 is 0 Å². The van der Waals surface area contributed by atoms with Gasteiger partial charge in [-0.1, -0.05) is 30.3 Å². The summed E-state index contributed by atoms with van der Waals surface area (Å²) < 4.78 is 0. The molecule has 0 bridgehead atoms. The van der Waals surface area contributed by atoms with Crippen LogP contribution in [0.1, 0.15) is 24.9 Å². The Kier molecular flexibility index (Phi) is 3.75. The Hall–Kier alpha value is -0.860. The second-order valence-electron chi connectivity index (χ2n) is 4.23. The van der Waals surface area contributed by atoms with Crippen LogP contribution < -0.4 is 5.32 Å². The molecule has 1 N–H and O–H groups in total. The molecule has 1 atom stereocenters. The van der Waals surface area contributed by atoms with Crippen molar-refractivity contribution in [2.24, 2.45) is 0 Å². The van der Waals surface area contributed by atoms with Gasteiger partial charge in [-0.05, 0) is 32.0 Å². The first kappa shape index (κ1) is 10.7. The molecule has 82 valence electrons. The maximum absolute atomic E-state index is 3.44. The molecule has 0 saturated carbocycles. The highest BCUT2D eigenvalue weighted by molar-refractivity contribution is 5.18. The first-order valence-corrected chi connectivity index (χ1v) is 5.87. The number of rotatable bonds is 2. The topological polar surface area (TPSA) is 15.3 Å². The maximum atomic E-state index is 3.44. The third kappa shape index (κ3) is 2.80. The molecule has 15 heavy (non-hydrogen) atoms. The molecule has 0 radical (unpaired) electrons. The summed E-state index contributed by atoms with van der Waals surface area (Å²) in [5, 5.41) is 3.44. The lowest BCUT2D eigenvalue weighted by atomic mass is 10.1. The van der Waals surface area contributed by atoms with Crippen molar-refractivity contribution in [1.82, 2.24) is 10.2 Å². The predicted octanol–water partition coefficient (Wildman–Crippen LogP) is 2.04. The molecule has 0 aliphatic carbocycles. The molecule has 1 aliphatic heterocycles. The van der Waals surface area contributed by atoms with Crippen molar-refractivity contribution in [3.05, 3.63) is 35.9 Å². The zero-order valence-corrected chi connectivity index (χ0v) is 9.45. The van der Waals surface area contributed by atoms with Crippen LogP contribution in [0.15, 0.2) is 30.3 Å². The molecule has 1 aromatic carbocycles. The van der Waals surface area contributed by atoms with Gasteiger partial charge in [0, 0.05) is 19.1 Å². The Labute approximate surface area is 92.3 Å². The van der Waals surface area contributed by atoms with Crippen molar-refractivity contribution in [2.45, 2.75) is 19.4 Å². The van der Waals surface area contributed by atoms with Crippen LogP contribution in [0.25, 0.3) is 0 Å². The first-order chi connectivity index (χ1) is 7.38. The maximum Gasteiger partial charge on any atom is 0.0320 e. The van der Waals surface area contributed by atoms with E-state index in [1.807, 2.05) is 0 Å². The lowest BCUT2D eigenvalue weighted by molar-refractivity contribution is 0.225. The van der Waals surface area contributed by atoms with Gasteiger partial charge in [-0.2, -0.15) is 0 Å². The minimum atomic E-state index is 0.547. The minimum absolute atomic E-state index is 0.547. The molecule has 0 unspecified atom stereocenters. The number of nitrogens with one attached hydrogen (secondary N) is 1. The quantitative estimate of drug-likeness (QED) is 0.793. The highest BCUT2D eigenvalue weighted by Gasteiger charge is 2.16. The van der Waals surface area contributed by atoms with Crippen molar-refractivity contribution in [2.75, 3.05) is 26.2 Å². The highest BCUT2D eigenvalue weighted by Crippen LogP contribution is 2.19. The zero-order chi connectivity index (χ0) is 10.5. The molecule has 1 aliphatic rings. The number of hydrogen-bond acceptors (Lipinski definition) is 2. The second-order valence-corrected chi connectivity index (χ2v) is 4.23.